The van der Waals surface area contributed by atoms with E-state index in [1.807, 2.05) is 13.0 Å². The van der Waals surface area contributed by atoms with Crippen LogP contribution in [0.1, 0.15) is 38.8 Å². The molecule has 152 valence electrons. The standard InChI is InChI=1S/C19H26F4N2O2/c1-4-13(2)12-27-17-11-15(10-14(3)25-17)24-9-5-6-16(26)7-8-19(22,23)18(20)21/h7-8,10-11,13,18H,4-6,9,12H2,1-3H3,(H,24,25)/b8-7+. The molecule has 1 atom stereocenters. The first-order chi connectivity index (χ1) is 12.6. The van der Waals surface area contributed by atoms with Gasteiger partial charge in [-0.2, -0.15) is 8.78 Å². The topological polar surface area (TPSA) is 51.2 Å². The van der Waals surface area contributed by atoms with Gasteiger partial charge in [-0.3, -0.25) is 4.79 Å². The molecule has 0 radical (unpaired) electrons. The summed E-state index contributed by atoms with van der Waals surface area (Å²) < 4.78 is 55.1. The van der Waals surface area contributed by atoms with Gasteiger partial charge in [-0.1, -0.05) is 20.3 Å². The van der Waals surface area contributed by atoms with Gasteiger partial charge in [0.2, 0.25) is 5.88 Å². The monoisotopic (exact) mass is 390 g/mol. The summed E-state index contributed by atoms with van der Waals surface area (Å²) in [5.41, 5.74) is 1.54. The summed E-state index contributed by atoms with van der Waals surface area (Å²) in [5, 5.41) is 3.11. The van der Waals surface area contributed by atoms with E-state index in [2.05, 4.69) is 24.1 Å². The summed E-state index contributed by atoms with van der Waals surface area (Å²) in [4.78, 5) is 15.8. The van der Waals surface area contributed by atoms with Crippen molar-refractivity contribution in [1.29, 1.82) is 0 Å². The van der Waals surface area contributed by atoms with Crippen molar-refractivity contribution < 1.29 is 27.1 Å². The van der Waals surface area contributed by atoms with Crippen LogP contribution in [0.2, 0.25) is 0 Å². The van der Waals surface area contributed by atoms with E-state index < -0.39 is 18.1 Å². The third kappa shape index (κ3) is 8.88. The lowest BCUT2D eigenvalue weighted by Crippen LogP contribution is -2.23. The molecule has 1 rings (SSSR count). The van der Waals surface area contributed by atoms with Crippen molar-refractivity contribution in [2.45, 2.75) is 52.4 Å². The second-order valence-electron chi connectivity index (χ2n) is 6.47. The minimum Gasteiger partial charge on any atom is -0.477 e. The Balaban J connectivity index is 2.44. The van der Waals surface area contributed by atoms with Gasteiger partial charge in [0.15, 0.2) is 5.78 Å². The van der Waals surface area contributed by atoms with Gasteiger partial charge in [0.1, 0.15) is 0 Å². The lowest BCUT2D eigenvalue weighted by Gasteiger charge is -2.13. The first kappa shape index (κ1) is 22.9. The number of nitrogens with zero attached hydrogens (tertiary/aromatic N) is 1. The van der Waals surface area contributed by atoms with Gasteiger partial charge in [-0.25, -0.2) is 13.8 Å². The highest BCUT2D eigenvalue weighted by Crippen LogP contribution is 2.24. The van der Waals surface area contributed by atoms with Gasteiger partial charge in [0, 0.05) is 30.4 Å². The zero-order valence-electron chi connectivity index (χ0n) is 15.8. The Bertz CT molecular complexity index is 636. The summed E-state index contributed by atoms with van der Waals surface area (Å²) in [5.74, 6) is -3.99. The highest BCUT2D eigenvalue weighted by Gasteiger charge is 2.37. The van der Waals surface area contributed by atoms with Crippen LogP contribution in [0.25, 0.3) is 0 Å². The fourth-order valence-corrected chi connectivity index (χ4v) is 2.02. The largest absolute Gasteiger partial charge is 0.477 e. The quantitative estimate of drug-likeness (QED) is 0.309. The highest BCUT2D eigenvalue weighted by molar-refractivity contribution is 5.89. The van der Waals surface area contributed by atoms with Crippen LogP contribution >= 0.6 is 0 Å². The second-order valence-corrected chi connectivity index (χ2v) is 6.47. The van der Waals surface area contributed by atoms with Gasteiger partial charge < -0.3 is 10.1 Å². The van der Waals surface area contributed by atoms with Crippen molar-refractivity contribution in [3.05, 3.63) is 30.0 Å². The molecule has 1 heterocycles. The number of anilines is 1. The lowest BCUT2D eigenvalue weighted by atomic mass is 10.1. The number of nitrogens with one attached hydrogen (secondary N) is 1. The van der Waals surface area contributed by atoms with Gasteiger partial charge in [0.25, 0.3) is 0 Å². The number of rotatable bonds is 12. The number of hydrogen-bond donors (Lipinski definition) is 1. The van der Waals surface area contributed by atoms with Gasteiger partial charge in [0.05, 0.1) is 6.61 Å². The van der Waals surface area contributed by atoms with E-state index in [-0.39, 0.29) is 12.5 Å². The molecule has 27 heavy (non-hydrogen) atoms. The number of pyridine rings is 1. The van der Waals surface area contributed by atoms with E-state index in [1.165, 1.54) is 0 Å². The predicted octanol–water partition coefficient (Wildman–Crippen LogP) is 5.03. The second kappa shape index (κ2) is 10.9. The van der Waals surface area contributed by atoms with Crippen LogP contribution in [-0.4, -0.2) is 36.3 Å². The summed E-state index contributed by atoms with van der Waals surface area (Å²) in [6.45, 7) is 6.97. The number of aromatic nitrogens is 1. The number of allylic oxidation sites excluding steroid dienone is 2. The molecule has 1 N–H and O–H groups in total. The van der Waals surface area contributed by atoms with Gasteiger partial charge in [-0.15, -0.1) is 0 Å². The molecule has 0 aromatic carbocycles. The molecule has 0 saturated heterocycles. The molecule has 0 amide bonds. The Morgan fingerprint density at radius 2 is 2.07 bits per heavy atom. The third-order valence-electron chi connectivity index (χ3n) is 3.85. The number of carbonyl (C=O) groups is 1. The van der Waals surface area contributed by atoms with Crippen molar-refractivity contribution in [2.75, 3.05) is 18.5 Å². The fourth-order valence-electron chi connectivity index (χ4n) is 2.02. The minimum absolute atomic E-state index is 0.0236. The van der Waals surface area contributed by atoms with Crippen molar-refractivity contribution in [1.82, 2.24) is 4.98 Å². The van der Waals surface area contributed by atoms with Crippen LogP contribution in [0.5, 0.6) is 5.88 Å². The van der Waals surface area contributed by atoms with Crippen LogP contribution in [0, 0.1) is 12.8 Å². The smallest absolute Gasteiger partial charge is 0.326 e. The lowest BCUT2D eigenvalue weighted by molar-refractivity contribution is -0.115. The predicted molar refractivity (Wildman–Crippen MR) is 96.7 cm³/mol. The molecule has 1 unspecified atom stereocenters. The van der Waals surface area contributed by atoms with Crippen LogP contribution in [0.4, 0.5) is 23.2 Å². The number of alkyl halides is 4. The summed E-state index contributed by atoms with van der Waals surface area (Å²) in [6.07, 6.45) is -2.00. The normalized spacial score (nSPS) is 13.2. The number of ketones is 1. The maximum absolute atomic E-state index is 12.7. The Hall–Kier alpha value is -2.12. The number of aryl methyl sites for hydroxylation is 1. The van der Waals surface area contributed by atoms with Crippen LogP contribution in [0.3, 0.4) is 0 Å². The molecule has 8 heteroatoms. The van der Waals surface area contributed by atoms with Crippen LogP contribution < -0.4 is 10.1 Å². The van der Waals surface area contributed by atoms with Gasteiger partial charge >= 0.3 is 12.3 Å². The SMILES string of the molecule is CCC(C)COc1cc(NCCCC(=O)/C=C/C(F)(F)C(F)F)cc(C)n1. The average Bonchev–Trinajstić information content (AvgIpc) is 2.61. The number of carbonyl (C=O) groups excluding carboxylic acids is 1. The number of ether oxygens (including phenoxy) is 1. The molecule has 0 fully saturated rings. The fraction of sp³-hybridized carbons (Fsp3) is 0.579. The first-order valence-corrected chi connectivity index (χ1v) is 8.87. The van der Waals surface area contributed by atoms with Crippen molar-refractivity contribution in [3.63, 3.8) is 0 Å². The molecule has 0 bridgehead atoms. The summed E-state index contributed by atoms with van der Waals surface area (Å²) in [7, 11) is 0. The van der Waals surface area contributed by atoms with E-state index in [0.717, 1.165) is 17.8 Å². The molecule has 0 aliphatic rings. The Morgan fingerprint density at radius 1 is 1.37 bits per heavy atom. The van der Waals surface area contributed by atoms with E-state index in [9.17, 15) is 22.4 Å². The molecular weight excluding hydrogens is 364 g/mol. The zero-order chi connectivity index (χ0) is 20.4. The first-order valence-electron chi connectivity index (χ1n) is 8.87. The Kier molecular flexibility index (Phi) is 9.25. The zero-order valence-corrected chi connectivity index (χ0v) is 15.8. The number of hydrogen-bond acceptors (Lipinski definition) is 4. The minimum atomic E-state index is -4.28. The Labute approximate surface area is 157 Å². The third-order valence-corrected chi connectivity index (χ3v) is 3.85. The summed E-state index contributed by atoms with van der Waals surface area (Å²) >= 11 is 0. The van der Waals surface area contributed by atoms with Crippen molar-refractivity contribution in [3.8, 4) is 5.88 Å². The Morgan fingerprint density at radius 3 is 2.70 bits per heavy atom. The van der Waals surface area contributed by atoms with Crippen molar-refractivity contribution in [2.24, 2.45) is 5.92 Å². The maximum Gasteiger partial charge on any atom is 0.326 e. The average molecular weight is 390 g/mol. The van der Waals surface area contributed by atoms with Crippen LogP contribution in [-0.2, 0) is 4.79 Å². The van der Waals surface area contributed by atoms with Gasteiger partial charge in [-0.05, 0) is 37.5 Å². The van der Waals surface area contributed by atoms with E-state index in [1.54, 1.807) is 6.07 Å². The molecule has 1 aromatic heterocycles. The molecule has 0 aliphatic carbocycles. The number of halogens is 4. The molecular formula is C19H26F4N2O2. The maximum atomic E-state index is 12.7. The molecule has 0 spiro atoms. The van der Waals surface area contributed by atoms with E-state index >= 15 is 0 Å². The highest BCUT2D eigenvalue weighted by atomic mass is 19.3. The molecule has 0 saturated carbocycles. The van der Waals surface area contributed by atoms with E-state index in [0.29, 0.717) is 37.4 Å². The summed E-state index contributed by atoms with van der Waals surface area (Å²) in [6, 6.07) is 3.57. The molecule has 1 aromatic rings. The van der Waals surface area contributed by atoms with Crippen LogP contribution in [0.15, 0.2) is 24.3 Å². The van der Waals surface area contributed by atoms with E-state index in [4.69, 9.17) is 4.74 Å². The molecule has 4 nitrogen and oxygen atoms in total. The van der Waals surface area contributed by atoms with Crippen molar-refractivity contribution >= 4 is 11.5 Å². The molecule has 0 aliphatic heterocycles.